The molecule has 2 N–H and O–H groups in total. The summed E-state index contributed by atoms with van der Waals surface area (Å²) in [4.78, 5) is 0. The minimum atomic E-state index is -2.81. The second-order valence-corrected chi connectivity index (χ2v) is 7.33. The first-order valence-corrected chi connectivity index (χ1v) is 8.31. The van der Waals surface area contributed by atoms with Crippen LogP contribution in [0.15, 0.2) is 0 Å². The Labute approximate surface area is 99.7 Å². The third kappa shape index (κ3) is 5.30. The predicted molar refractivity (Wildman–Crippen MR) is 68.1 cm³/mol. The van der Waals surface area contributed by atoms with E-state index in [1.807, 2.05) is 0 Å². The molecule has 0 aromatic carbocycles. The maximum absolute atomic E-state index is 11.8. The quantitative estimate of drug-likeness (QED) is 0.731. The summed E-state index contributed by atoms with van der Waals surface area (Å²) in [7, 11) is -2.81. The molecule has 0 unspecified atom stereocenters. The summed E-state index contributed by atoms with van der Waals surface area (Å²) in [6, 6.07) is 0.305. The number of sulfone groups is 1. The Balaban J connectivity index is 2.29. The van der Waals surface area contributed by atoms with Crippen molar-refractivity contribution < 1.29 is 8.42 Å². The predicted octanol–water partition coefficient (Wildman–Crippen LogP) is 2.11. The molecule has 1 rings (SSSR count). The van der Waals surface area contributed by atoms with Crippen molar-refractivity contribution in [3.63, 3.8) is 0 Å². The molecule has 1 fully saturated rings. The molecule has 1 saturated carbocycles. The third-order valence-corrected chi connectivity index (χ3v) is 5.33. The molecule has 0 aromatic rings. The Morgan fingerprint density at radius 2 is 1.75 bits per heavy atom. The Bertz CT molecular complexity index is 279. The fourth-order valence-corrected chi connectivity index (χ4v) is 4.23. The van der Waals surface area contributed by atoms with Crippen LogP contribution in [0.3, 0.4) is 0 Å². The van der Waals surface area contributed by atoms with E-state index in [0.29, 0.717) is 23.5 Å². The molecule has 0 saturated heterocycles. The van der Waals surface area contributed by atoms with Crippen LogP contribution in [-0.2, 0) is 9.84 Å². The molecule has 3 nitrogen and oxygen atoms in total. The second-order valence-electron chi connectivity index (χ2n) is 5.10. The lowest BCUT2D eigenvalue weighted by Crippen LogP contribution is -2.30. The van der Waals surface area contributed by atoms with Crippen LogP contribution >= 0.6 is 0 Å². The number of unbranched alkanes of at least 4 members (excludes halogenated alkanes) is 2. The van der Waals surface area contributed by atoms with E-state index in [-0.39, 0.29) is 0 Å². The lowest BCUT2D eigenvalue weighted by atomic mass is 9.88. The average Bonchev–Trinajstić information content (AvgIpc) is 2.21. The summed E-state index contributed by atoms with van der Waals surface area (Å²) in [6.45, 7) is 2.09. The van der Waals surface area contributed by atoms with E-state index in [0.717, 1.165) is 44.9 Å². The summed E-state index contributed by atoms with van der Waals surface area (Å²) in [5.41, 5.74) is 5.81. The first-order chi connectivity index (χ1) is 7.53. The lowest BCUT2D eigenvalue weighted by molar-refractivity contribution is 0.348. The molecular formula is C12H25NO2S. The molecule has 0 atom stereocenters. The van der Waals surface area contributed by atoms with Gasteiger partial charge in [0.2, 0.25) is 0 Å². The lowest BCUT2D eigenvalue weighted by Gasteiger charge is -2.25. The standard InChI is InChI=1S/C12H25NO2S/c1-2-3-4-9-16(14,15)10-11-5-7-12(13)8-6-11/h11-12H,2-10,13H2,1H3. The average molecular weight is 247 g/mol. The van der Waals surface area contributed by atoms with Gasteiger partial charge in [-0.1, -0.05) is 19.8 Å². The maximum Gasteiger partial charge on any atom is 0.150 e. The third-order valence-electron chi connectivity index (χ3n) is 3.44. The number of rotatable bonds is 6. The van der Waals surface area contributed by atoms with Crippen LogP contribution in [-0.4, -0.2) is 26.0 Å². The van der Waals surface area contributed by atoms with E-state index in [1.54, 1.807) is 0 Å². The molecule has 4 heteroatoms. The highest BCUT2D eigenvalue weighted by Crippen LogP contribution is 2.24. The Hall–Kier alpha value is -0.0900. The van der Waals surface area contributed by atoms with Crippen molar-refractivity contribution in [1.29, 1.82) is 0 Å². The van der Waals surface area contributed by atoms with Crippen molar-refractivity contribution in [2.45, 2.75) is 57.9 Å². The smallest absolute Gasteiger partial charge is 0.150 e. The monoisotopic (exact) mass is 247 g/mol. The van der Waals surface area contributed by atoms with Crippen LogP contribution < -0.4 is 5.73 Å². The van der Waals surface area contributed by atoms with Crippen LogP contribution in [0.5, 0.6) is 0 Å². The Morgan fingerprint density at radius 3 is 2.31 bits per heavy atom. The number of hydrogen-bond donors (Lipinski definition) is 1. The zero-order valence-electron chi connectivity index (χ0n) is 10.3. The fraction of sp³-hybridized carbons (Fsp3) is 1.00. The SMILES string of the molecule is CCCCCS(=O)(=O)CC1CCC(N)CC1. The largest absolute Gasteiger partial charge is 0.328 e. The molecule has 96 valence electrons. The van der Waals surface area contributed by atoms with Gasteiger partial charge in [-0.2, -0.15) is 0 Å². The Kier molecular flexibility index (Phi) is 5.76. The van der Waals surface area contributed by atoms with Crippen LogP contribution in [0.1, 0.15) is 51.9 Å². The summed E-state index contributed by atoms with van der Waals surface area (Å²) in [6.07, 6.45) is 6.90. The molecule has 1 aliphatic carbocycles. The first-order valence-electron chi connectivity index (χ1n) is 6.49. The molecule has 0 bridgehead atoms. The van der Waals surface area contributed by atoms with Gasteiger partial charge in [0.15, 0.2) is 9.84 Å². The number of nitrogens with two attached hydrogens (primary N) is 1. The zero-order chi connectivity index (χ0) is 12.0. The van der Waals surface area contributed by atoms with Crippen molar-refractivity contribution in [2.24, 2.45) is 11.7 Å². The van der Waals surface area contributed by atoms with E-state index in [1.165, 1.54) is 0 Å². The van der Waals surface area contributed by atoms with Gasteiger partial charge in [-0.25, -0.2) is 8.42 Å². The highest BCUT2D eigenvalue weighted by Gasteiger charge is 2.23. The van der Waals surface area contributed by atoms with Gasteiger partial charge in [0.1, 0.15) is 0 Å². The van der Waals surface area contributed by atoms with Crippen LogP contribution in [0.4, 0.5) is 0 Å². The van der Waals surface area contributed by atoms with Crippen LogP contribution in [0.2, 0.25) is 0 Å². The maximum atomic E-state index is 11.8. The highest BCUT2D eigenvalue weighted by atomic mass is 32.2. The Morgan fingerprint density at radius 1 is 1.12 bits per heavy atom. The normalized spacial score (nSPS) is 26.9. The highest BCUT2D eigenvalue weighted by molar-refractivity contribution is 7.91. The molecule has 0 spiro atoms. The van der Waals surface area contributed by atoms with E-state index >= 15 is 0 Å². The van der Waals surface area contributed by atoms with Crippen molar-refractivity contribution in [2.75, 3.05) is 11.5 Å². The van der Waals surface area contributed by atoms with Gasteiger partial charge in [-0.15, -0.1) is 0 Å². The van der Waals surface area contributed by atoms with E-state index < -0.39 is 9.84 Å². The first kappa shape index (κ1) is 14.0. The number of hydrogen-bond acceptors (Lipinski definition) is 3. The minimum absolute atomic E-state index is 0.305. The van der Waals surface area contributed by atoms with Gasteiger partial charge in [-0.3, -0.25) is 0 Å². The topological polar surface area (TPSA) is 60.2 Å². The summed E-state index contributed by atoms with van der Waals surface area (Å²) in [5, 5.41) is 0. The molecule has 16 heavy (non-hydrogen) atoms. The van der Waals surface area contributed by atoms with Crippen molar-refractivity contribution in [3.05, 3.63) is 0 Å². The van der Waals surface area contributed by atoms with Gasteiger partial charge in [0.05, 0.1) is 11.5 Å². The van der Waals surface area contributed by atoms with Crippen molar-refractivity contribution in [1.82, 2.24) is 0 Å². The summed E-state index contributed by atoms with van der Waals surface area (Å²) in [5.74, 6) is 1.14. The van der Waals surface area contributed by atoms with E-state index in [9.17, 15) is 8.42 Å². The summed E-state index contributed by atoms with van der Waals surface area (Å²) >= 11 is 0. The zero-order valence-corrected chi connectivity index (χ0v) is 11.1. The fourth-order valence-electron chi connectivity index (χ4n) is 2.37. The molecule has 0 aliphatic heterocycles. The molecule has 0 amide bonds. The van der Waals surface area contributed by atoms with Gasteiger partial charge in [0.25, 0.3) is 0 Å². The van der Waals surface area contributed by atoms with Gasteiger partial charge in [-0.05, 0) is 38.0 Å². The van der Waals surface area contributed by atoms with E-state index in [4.69, 9.17) is 5.73 Å². The second kappa shape index (κ2) is 6.60. The van der Waals surface area contributed by atoms with Gasteiger partial charge in [0, 0.05) is 6.04 Å². The molecular weight excluding hydrogens is 222 g/mol. The van der Waals surface area contributed by atoms with Crippen LogP contribution in [0, 0.1) is 5.92 Å². The molecule has 0 heterocycles. The van der Waals surface area contributed by atoms with Crippen molar-refractivity contribution >= 4 is 9.84 Å². The van der Waals surface area contributed by atoms with E-state index in [2.05, 4.69) is 6.92 Å². The molecule has 1 aliphatic rings. The van der Waals surface area contributed by atoms with Crippen molar-refractivity contribution in [3.8, 4) is 0 Å². The molecule has 0 aromatic heterocycles. The molecule has 0 radical (unpaired) electrons. The summed E-state index contributed by atoms with van der Waals surface area (Å²) < 4.78 is 23.6. The van der Waals surface area contributed by atoms with Crippen LogP contribution in [0.25, 0.3) is 0 Å². The minimum Gasteiger partial charge on any atom is -0.328 e. The van der Waals surface area contributed by atoms with Gasteiger partial charge < -0.3 is 5.73 Å². The van der Waals surface area contributed by atoms with Gasteiger partial charge >= 0.3 is 0 Å².